The van der Waals surface area contributed by atoms with Crippen LogP contribution in [0, 0.1) is 5.92 Å². The molecule has 1 saturated carbocycles. The maximum atomic E-state index is 11.4. The fourth-order valence-electron chi connectivity index (χ4n) is 2.17. The average molecular weight is 169 g/mol. The fourth-order valence-corrected chi connectivity index (χ4v) is 2.17. The van der Waals surface area contributed by atoms with Gasteiger partial charge in [0.05, 0.1) is 6.61 Å². The summed E-state index contributed by atoms with van der Waals surface area (Å²) in [7, 11) is 2.03. The summed E-state index contributed by atoms with van der Waals surface area (Å²) in [6.45, 7) is 2.35. The van der Waals surface area contributed by atoms with Crippen LogP contribution >= 0.6 is 0 Å². The second kappa shape index (κ2) is 2.73. The van der Waals surface area contributed by atoms with E-state index in [1.165, 1.54) is 6.42 Å². The molecule has 1 aliphatic carbocycles. The Hall–Kier alpha value is -0.570. The molecule has 0 N–H and O–H groups in total. The lowest BCUT2D eigenvalue weighted by Gasteiger charge is -2.20. The van der Waals surface area contributed by atoms with Crippen LogP contribution < -0.4 is 0 Å². The van der Waals surface area contributed by atoms with E-state index in [9.17, 15) is 4.79 Å². The van der Waals surface area contributed by atoms with Crippen LogP contribution in [0.2, 0.25) is 0 Å². The first kappa shape index (κ1) is 8.05. The maximum absolute atomic E-state index is 11.4. The standard InChI is InChI=1S/C9H15NO2/c1-3-12-9(11)8-5-6-4-7(6)10(8)2/h6-8H,3-5H2,1-2H3/t6-,7-,8?/m1/s1. The van der Waals surface area contributed by atoms with Crippen molar-refractivity contribution in [3.8, 4) is 0 Å². The highest BCUT2D eigenvalue weighted by Crippen LogP contribution is 2.46. The molecule has 3 heteroatoms. The highest BCUT2D eigenvalue weighted by atomic mass is 16.5. The summed E-state index contributed by atoms with van der Waals surface area (Å²) in [6, 6.07) is 0.730. The second-order valence-electron chi connectivity index (χ2n) is 3.73. The molecule has 0 spiro atoms. The van der Waals surface area contributed by atoms with Gasteiger partial charge in [-0.2, -0.15) is 0 Å². The number of esters is 1. The molecular formula is C9H15NO2. The van der Waals surface area contributed by atoms with Gasteiger partial charge < -0.3 is 4.74 Å². The van der Waals surface area contributed by atoms with Gasteiger partial charge in [-0.25, -0.2) is 0 Å². The first-order valence-electron chi connectivity index (χ1n) is 4.62. The zero-order valence-corrected chi connectivity index (χ0v) is 7.62. The lowest BCUT2D eigenvalue weighted by molar-refractivity contribution is -0.148. The molecule has 1 unspecified atom stereocenters. The number of ether oxygens (including phenoxy) is 1. The smallest absolute Gasteiger partial charge is 0.323 e. The number of hydrogen-bond acceptors (Lipinski definition) is 3. The van der Waals surface area contributed by atoms with Gasteiger partial charge in [-0.15, -0.1) is 0 Å². The van der Waals surface area contributed by atoms with Crippen LogP contribution in [0.25, 0.3) is 0 Å². The normalized spacial score (nSPS) is 39.3. The molecule has 2 aliphatic rings. The summed E-state index contributed by atoms with van der Waals surface area (Å²) in [5, 5.41) is 0. The number of likely N-dealkylation sites (tertiary alicyclic amines) is 1. The summed E-state index contributed by atoms with van der Waals surface area (Å²) in [5.41, 5.74) is 0. The number of hydrogen-bond donors (Lipinski definition) is 0. The molecule has 0 amide bonds. The Morgan fingerprint density at radius 2 is 2.33 bits per heavy atom. The molecule has 0 aromatic heterocycles. The van der Waals surface area contributed by atoms with E-state index in [0.717, 1.165) is 12.3 Å². The highest BCUT2D eigenvalue weighted by Gasteiger charge is 2.52. The Labute approximate surface area is 72.7 Å². The third kappa shape index (κ3) is 1.12. The van der Waals surface area contributed by atoms with Crippen molar-refractivity contribution in [3.63, 3.8) is 0 Å². The minimum absolute atomic E-state index is 0.0350. The number of fused-ring (bicyclic) bond motifs is 1. The van der Waals surface area contributed by atoms with E-state index < -0.39 is 0 Å². The van der Waals surface area contributed by atoms with Gasteiger partial charge in [0.1, 0.15) is 6.04 Å². The van der Waals surface area contributed by atoms with Crippen LogP contribution in [0.3, 0.4) is 0 Å². The molecule has 3 atom stereocenters. The van der Waals surface area contributed by atoms with E-state index in [4.69, 9.17) is 4.74 Å². The summed E-state index contributed by atoms with van der Waals surface area (Å²) < 4.78 is 4.98. The van der Waals surface area contributed by atoms with Gasteiger partial charge in [0.15, 0.2) is 0 Å². The average Bonchev–Trinajstić information content (AvgIpc) is 2.73. The molecule has 0 aromatic rings. The van der Waals surface area contributed by atoms with E-state index >= 15 is 0 Å². The van der Waals surface area contributed by atoms with Crippen molar-refractivity contribution in [2.75, 3.05) is 13.7 Å². The number of carbonyl (C=O) groups excluding carboxylic acids is 1. The van der Waals surface area contributed by atoms with Crippen LogP contribution in [-0.4, -0.2) is 36.6 Å². The van der Waals surface area contributed by atoms with Crippen LogP contribution in [0.1, 0.15) is 19.8 Å². The summed E-state index contributed by atoms with van der Waals surface area (Å²) >= 11 is 0. The molecule has 1 heterocycles. The second-order valence-corrected chi connectivity index (χ2v) is 3.73. The van der Waals surface area contributed by atoms with Crippen molar-refractivity contribution >= 4 is 5.97 Å². The quantitative estimate of drug-likeness (QED) is 0.568. The number of nitrogens with zero attached hydrogens (tertiary/aromatic N) is 1. The molecule has 68 valence electrons. The van der Waals surface area contributed by atoms with Gasteiger partial charge >= 0.3 is 5.97 Å². The van der Waals surface area contributed by atoms with E-state index in [-0.39, 0.29) is 12.0 Å². The van der Waals surface area contributed by atoms with Gasteiger partial charge in [-0.05, 0) is 32.7 Å². The third-order valence-electron chi connectivity index (χ3n) is 2.98. The molecule has 1 aliphatic heterocycles. The minimum atomic E-state index is -0.0350. The Morgan fingerprint density at radius 1 is 1.58 bits per heavy atom. The molecule has 3 nitrogen and oxygen atoms in total. The monoisotopic (exact) mass is 169 g/mol. The van der Waals surface area contributed by atoms with Crippen molar-refractivity contribution in [1.29, 1.82) is 0 Å². The van der Waals surface area contributed by atoms with Crippen molar-refractivity contribution in [1.82, 2.24) is 4.90 Å². The van der Waals surface area contributed by atoms with E-state index in [1.54, 1.807) is 0 Å². The van der Waals surface area contributed by atoms with Gasteiger partial charge in [0.25, 0.3) is 0 Å². The first-order chi connectivity index (χ1) is 5.74. The Morgan fingerprint density at radius 3 is 2.83 bits per heavy atom. The lowest BCUT2D eigenvalue weighted by atomic mass is 10.2. The highest BCUT2D eigenvalue weighted by molar-refractivity contribution is 5.76. The Balaban J connectivity index is 1.92. The van der Waals surface area contributed by atoms with E-state index in [0.29, 0.717) is 12.6 Å². The van der Waals surface area contributed by atoms with Crippen molar-refractivity contribution in [2.24, 2.45) is 5.92 Å². The van der Waals surface area contributed by atoms with E-state index in [1.807, 2.05) is 14.0 Å². The summed E-state index contributed by atoms with van der Waals surface area (Å²) in [6.07, 6.45) is 2.30. The van der Waals surface area contributed by atoms with Gasteiger partial charge in [-0.3, -0.25) is 9.69 Å². The predicted octanol–water partition coefficient (Wildman–Crippen LogP) is 0.642. The minimum Gasteiger partial charge on any atom is -0.465 e. The number of piperidine rings is 1. The number of rotatable bonds is 2. The van der Waals surface area contributed by atoms with Crippen molar-refractivity contribution in [3.05, 3.63) is 0 Å². The number of likely N-dealkylation sites (N-methyl/N-ethyl adjacent to an activating group) is 1. The van der Waals surface area contributed by atoms with Gasteiger partial charge in [0.2, 0.25) is 0 Å². The summed E-state index contributed by atoms with van der Waals surface area (Å²) in [4.78, 5) is 13.5. The maximum Gasteiger partial charge on any atom is 0.323 e. The molecule has 0 bridgehead atoms. The zero-order valence-electron chi connectivity index (χ0n) is 7.62. The molecule has 0 aromatic carbocycles. The SMILES string of the molecule is CCOC(=O)C1C[C@H]2C[C@H]2N1C. The molecule has 2 rings (SSSR count). The van der Waals surface area contributed by atoms with Crippen molar-refractivity contribution in [2.45, 2.75) is 31.8 Å². The van der Waals surface area contributed by atoms with Crippen LogP contribution in [0.15, 0.2) is 0 Å². The molecular weight excluding hydrogens is 154 g/mol. The van der Waals surface area contributed by atoms with Gasteiger partial charge in [-0.1, -0.05) is 0 Å². The largest absolute Gasteiger partial charge is 0.465 e. The first-order valence-corrected chi connectivity index (χ1v) is 4.62. The predicted molar refractivity (Wildman–Crippen MR) is 44.7 cm³/mol. The van der Waals surface area contributed by atoms with E-state index in [2.05, 4.69) is 4.90 Å². The Bertz CT molecular complexity index is 205. The van der Waals surface area contributed by atoms with Crippen LogP contribution in [-0.2, 0) is 9.53 Å². The molecule has 0 radical (unpaired) electrons. The fraction of sp³-hybridized carbons (Fsp3) is 0.889. The topological polar surface area (TPSA) is 29.5 Å². The molecule has 1 saturated heterocycles. The lowest BCUT2D eigenvalue weighted by Crippen LogP contribution is -2.37. The number of carbonyl (C=O) groups is 1. The zero-order chi connectivity index (χ0) is 8.72. The summed E-state index contributed by atoms with van der Waals surface area (Å²) in [5.74, 6) is 0.747. The van der Waals surface area contributed by atoms with Crippen molar-refractivity contribution < 1.29 is 9.53 Å². The van der Waals surface area contributed by atoms with Crippen LogP contribution in [0.4, 0.5) is 0 Å². The van der Waals surface area contributed by atoms with Gasteiger partial charge in [0, 0.05) is 6.04 Å². The third-order valence-corrected chi connectivity index (χ3v) is 2.98. The molecule has 2 fully saturated rings. The molecule has 12 heavy (non-hydrogen) atoms. The Kier molecular flexibility index (Phi) is 1.83. The van der Waals surface area contributed by atoms with Crippen LogP contribution in [0.5, 0.6) is 0 Å².